The van der Waals surface area contributed by atoms with E-state index in [1.54, 1.807) is 36.4 Å². The second kappa shape index (κ2) is 11.2. The number of hydrogen-bond donors (Lipinski definition) is 0. The van der Waals surface area contributed by atoms with Gasteiger partial charge in [-0.2, -0.15) is 0 Å². The summed E-state index contributed by atoms with van der Waals surface area (Å²) in [6.45, 7) is 6.40. The Hall–Kier alpha value is -2.60. The van der Waals surface area contributed by atoms with Crippen LogP contribution in [0.2, 0.25) is 0 Å². The summed E-state index contributed by atoms with van der Waals surface area (Å²) < 4.78 is 16.5. The zero-order valence-electron chi connectivity index (χ0n) is 16.3. The minimum absolute atomic E-state index is 0.0966. The van der Waals surface area contributed by atoms with E-state index < -0.39 is 0 Å². The van der Waals surface area contributed by atoms with Crippen molar-refractivity contribution < 1.29 is 19.0 Å². The molecule has 6 heteroatoms. The standard InChI is InChI=1S/C21H28N2O4/c1-4-13-27-19-10-9-17(15-20(19)26-5-2)21(24)23(12-14-25-3)16-18-8-6-7-11-22-18/h6-11,15H,4-5,12-14,16H2,1-3H3. The average molecular weight is 372 g/mol. The minimum Gasteiger partial charge on any atom is -0.490 e. The van der Waals surface area contributed by atoms with Crippen LogP contribution in [0.4, 0.5) is 0 Å². The number of aromatic nitrogens is 1. The summed E-state index contributed by atoms with van der Waals surface area (Å²) in [6.07, 6.45) is 2.63. The van der Waals surface area contributed by atoms with Gasteiger partial charge < -0.3 is 19.1 Å². The molecule has 0 atom stereocenters. The van der Waals surface area contributed by atoms with Gasteiger partial charge in [-0.25, -0.2) is 0 Å². The molecule has 2 aromatic rings. The number of carbonyl (C=O) groups is 1. The fourth-order valence-electron chi connectivity index (χ4n) is 2.56. The summed E-state index contributed by atoms with van der Waals surface area (Å²) in [5.74, 6) is 1.14. The summed E-state index contributed by atoms with van der Waals surface area (Å²) in [4.78, 5) is 19.1. The topological polar surface area (TPSA) is 60.9 Å². The van der Waals surface area contributed by atoms with Crippen LogP contribution in [0.1, 0.15) is 36.3 Å². The first-order valence-corrected chi connectivity index (χ1v) is 9.27. The van der Waals surface area contributed by atoms with Gasteiger partial charge in [0, 0.05) is 25.4 Å². The maximum Gasteiger partial charge on any atom is 0.254 e. The van der Waals surface area contributed by atoms with Crippen molar-refractivity contribution in [3.8, 4) is 11.5 Å². The van der Waals surface area contributed by atoms with Crippen LogP contribution in [-0.4, -0.2) is 49.3 Å². The van der Waals surface area contributed by atoms with Crippen LogP contribution in [0.25, 0.3) is 0 Å². The summed E-state index contributed by atoms with van der Waals surface area (Å²) >= 11 is 0. The van der Waals surface area contributed by atoms with Gasteiger partial charge >= 0.3 is 0 Å². The molecule has 0 aliphatic rings. The third kappa shape index (κ3) is 6.25. The Kier molecular flexibility index (Phi) is 8.58. The molecular weight excluding hydrogens is 344 g/mol. The lowest BCUT2D eigenvalue weighted by Gasteiger charge is -2.23. The van der Waals surface area contributed by atoms with Gasteiger partial charge in [0.1, 0.15) is 0 Å². The molecule has 0 bridgehead atoms. The molecular formula is C21H28N2O4. The van der Waals surface area contributed by atoms with Crippen LogP contribution in [-0.2, 0) is 11.3 Å². The SMILES string of the molecule is CCCOc1ccc(C(=O)N(CCOC)Cc2ccccn2)cc1OCC. The molecule has 1 heterocycles. The second-order valence-electron chi connectivity index (χ2n) is 5.98. The molecule has 1 amide bonds. The molecule has 6 nitrogen and oxygen atoms in total. The monoisotopic (exact) mass is 372 g/mol. The van der Waals surface area contributed by atoms with Crippen LogP contribution in [0.3, 0.4) is 0 Å². The second-order valence-corrected chi connectivity index (χ2v) is 5.98. The number of rotatable bonds is 11. The quantitative estimate of drug-likeness (QED) is 0.604. The fraction of sp³-hybridized carbons (Fsp3) is 0.429. The third-order valence-corrected chi connectivity index (χ3v) is 3.88. The Labute approximate surface area is 161 Å². The Balaban J connectivity index is 2.23. The van der Waals surface area contributed by atoms with Crippen LogP contribution in [0.5, 0.6) is 11.5 Å². The largest absolute Gasteiger partial charge is 0.490 e. The van der Waals surface area contributed by atoms with Gasteiger partial charge in [-0.1, -0.05) is 13.0 Å². The molecule has 0 radical (unpaired) electrons. The van der Waals surface area contributed by atoms with E-state index in [1.165, 1.54) is 0 Å². The van der Waals surface area contributed by atoms with Crippen LogP contribution in [0, 0.1) is 0 Å². The smallest absolute Gasteiger partial charge is 0.254 e. The highest BCUT2D eigenvalue weighted by Crippen LogP contribution is 2.29. The molecule has 0 unspecified atom stereocenters. The molecule has 0 N–H and O–H groups in total. The first kappa shape index (κ1) is 20.7. The molecule has 0 saturated heterocycles. The Morgan fingerprint density at radius 2 is 1.93 bits per heavy atom. The molecule has 2 rings (SSSR count). The van der Waals surface area contributed by atoms with Crippen molar-refractivity contribution in [2.75, 3.05) is 33.5 Å². The van der Waals surface area contributed by atoms with E-state index in [9.17, 15) is 4.79 Å². The van der Waals surface area contributed by atoms with E-state index >= 15 is 0 Å². The van der Waals surface area contributed by atoms with Crippen molar-refractivity contribution in [2.24, 2.45) is 0 Å². The van der Waals surface area contributed by atoms with Crippen molar-refractivity contribution in [2.45, 2.75) is 26.8 Å². The third-order valence-electron chi connectivity index (χ3n) is 3.88. The van der Waals surface area contributed by atoms with Gasteiger partial charge in [0.2, 0.25) is 0 Å². The Bertz CT molecular complexity index is 707. The molecule has 0 spiro atoms. The first-order chi connectivity index (χ1) is 13.2. The van der Waals surface area contributed by atoms with Crippen molar-refractivity contribution in [3.63, 3.8) is 0 Å². The van der Waals surface area contributed by atoms with Crippen molar-refractivity contribution in [3.05, 3.63) is 53.9 Å². The van der Waals surface area contributed by atoms with E-state index in [0.29, 0.717) is 50.0 Å². The molecule has 0 saturated carbocycles. The lowest BCUT2D eigenvalue weighted by molar-refractivity contribution is 0.0677. The molecule has 146 valence electrons. The normalized spacial score (nSPS) is 10.5. The number of benzene rings is 1. The number of amides is 1. The van der Waals surface area contributed by atoms with Crippen molar-refractivity contribution in [1.82, 2.24) is 9.88 Å². The minimum atomic E-state index is -0.0966. The average Bonchev–Trinajstić information content (AvgIpc) is 2.70. The highest BCUT2D eigenvalue weighted by atomic mass is 16.5. The lowest BCUT2D eigenvalue weighted by Crippen LogP contribution is -2.33. The number of carbonyl (C=O) groups excluding carboxylic acids is 1. The summed E-state index contributed by atoms with van der Waals surface area (Å²) in [5.41, 5.74) is 1.38. The zero-order chi connectivity index (χ0) is 19.5. The fourth-order valence-corrected chi connectivity index (χ4v) is 2.56. The van der Waals surface area contributed by atoms with Gasteiger partial charge in [0.25, 0.3) is 5.91 Å². The van der Waals surface area contributed by atoms with E-state index in [0.717, 1.165) is 12.1 Å². The highest BCUT2D eigenvalue weighted by molar-refractivity contribution is 5.95. The van der Waals surface area contributed by atoms with Gasteiger partial charge in [0.15, 0.2) is 11.5 Å². The van der Waals surface area contributed by atoms with E-state index in [2.05, 4.69) is 4.98 Å². The molecule has 0 fully saturated rings. The van der Waals surface area contributed by atoms with E-state index in [1.807, 2.05) is 32.0 Å². The Morgan fingerprint density at radius 3 is 2.59 bits per heavy atom. The summed E-state index contributed by atoms with van der Waals surface area (Å²) in [7, 11) is 1.62. The van der Waals surface area contributed by atoms with Gasteiger partial charge in [0.05, 0.1) is 32.1 Å². The maximum absolute atomic E-state index is 13.1. The predicted octanol–water partition coefficient (Wildman–Crippen LogP) is 3.56. The number of methoxy groups -OCH3 is 1. The van der Waals surface area contributed by atoms with Crippen molar-refractivity contribution in [1.29, 1.82) is 0 Å². The van der Waals surface area contributed by atoms with E-state index in [4.69, 9.17) is 14.2 Å². The summed E-state index contributed by atoms with van der Waals surface area (Å²) in [6, 6.07) is 11.0. The van der Waals surface area contributed by atoms with Crippen LogP contribution >= 0.6 is 0 Å². The molecule has 27 heavy (non-hydrogen) atoms. The van der Waals surface area contributed by atoms with Crippen molar-refractivity contribution >= 4 is 5.91 Å². The number of nitrogens with zero attached hydrogens (tertiary/aromatic N) is 2. The number of ether oxygens (including phenoxy) is 3. The van der Waals surface area contributed by atoms with Crippen LogP contribution in [0.15, 0.2) is 42.6 Å². The lowest BCUT2D eigenvalue weighted by atomic mass is 10.1. The van der Waals surface area contributed by atoms with Crippen LogP contribution < -0.4 is 9.47 Å². The van der Waals surface area contributed by atoms with E-state index in [-0.39, 0.29) is 5.91 Å². The van der Waals surface area contributed by atoms with Gasteiger partial charge in [-0.05, 0) is 43.7 Å². The molecule has 1 aromatic carbocycles. The highest BCUT2D eigenvalue weighted by Gasteiger charge is 2.19. The molecule has 1 aromatic heterocycles. The maximum atomic E-state index is 13.1. The molecule has 0 aliphatic heterocycles. The number of hydrogen-bond acceptors (Lipinski definition) is 5. The predicted molar refractivity (Wildman–Crippen MR) is 104 cm³/mol. The van der Waals surface area contributed by atoms with Gasteiger partial charge in [-0.15, -0.1) is 0 Å². The summed E-state index contributed by atoms with van der Waals surface area (Å²) in [5, 5.41) is 0. The number of pyridine rings is 1. The zero-order valence-corrected chi connectivity index (χ0v) is 16.3. The Morgan fingerprint density at radius 1 is 1.07 bits per heavy atom. The van der Waals surface area contributed by atoms with Gasteiger partial charge in [-0.3, -0.25) is 9.78 Å². The first-order valence-electron chi connectivity index (χ1n) is 9.27. The molecule has 0 aliphatic carbocycles.